The molecule has 0 fully saturated rings. The molecule has 1 heterocycles. The van der Waals surface area contributed by atoms with E-state index in [0.29, 0.717) is 6.04 Å². The van der Waals surface area contributed by atoms with Gasteiger partial charge in [0.2, 0.25) is 0 Å². The van der Waals surface area contributed by atoms with E-state index in [0.717, 1.165) is 12.5 Å². The minimum absolute atomic E-state index is 0.568. The summed E-state index contributed by atoms with van der Waals surface area (Å²) in [6, 6.07) is 2.91. The topological polar surface area (TPSA) is 12.0 Å². The van der Waals surface area contributed by atoms with E-state index in [1.165, 1.54) is 42.5 Å². The van der Waals surface area contributed by atoms with Gasteiger partial charge in [-0.2, -0.15) is 0 Å². The van der Waals surface area contributed by atoms with Gasteiger partial charge in [-0.1, -0.05) is 33.6 Å². The van der Waals surface area contributed by atoms with Crippen molar-refractivity contribution in [3.63, 3.8) is 0 Å². The van der Waals surface area contributed by atoms with Gasteiger partial charge in [0.15, 0.2) is 0 Å². The third-order valence-electron chi connectivity index (χ3n) is 3.77. The molecule has 0 saturated carbocycles. The van der Waals surface area contributed by atoms with Crippen molar-refractivity contribution >= 4 is 11.3 Å². The van der Waals surface area contributed by atoms with E-state index in [2.05, 4.69) is 46.0 Å². The highest BCUT2D eigenvalue weighted by molar-refractivity contribution is 7.12. The van der Waals surface area contributed by atoms with Gasteiger partial charge in [-0.05, 0) is 57.2 Å². The lowest BCUT2D eigenvalue weighted by Gasteiger charge is -2.28. The van der Waals surface area contributed by atoms with Crippen molar-refractivity contribution in [2.75, 3.05) is 6.54 Å². The Hall–Kier alpha value is -0.340. The molecule has 1 unspecified atom stereocenters. The van der Waals surface area contributed by atoms with Gasteiger partial charge in [0, 0.05) is 15.8 Å². The van der Waals surface area contributed by atoms with Gasteiger partial charge in [0.05, 0.1) is 0 Å². The third kappa shape index (κ3) is 4.92. The molecule has 0 aliphatic rings. The smallest absolute Gasteiger partial charge is 0.0446 e. The summed E-state index contributed by atoms with van der Waals surface area (Å²) < 4.78 is 0. The van der Waals surface area contributed by atoms with E-state index in [4.69, 9.17) is 0 Å². The molecule has 2 heteroatoms. The van der Waals surface area contributed by atoms with E-state index in [1.54, 1.807) is 4.88 Å². The zero-order valence-electron chi connectivity index (χ0n) is 13.4. The summed E-state index contributed by atoms with van der Waals surface area (Å²) in [6.07, 6.45) is 6.47. The lowest BCUT2D eigenvalue weighted by Crippen LogP contribution is -2.29. The molecule has 0 bridgehead atoms. The van der Waals surface area contributed by atoms with E-state index in [-0.39, 0.29) is 0 Å². The van der Waals surface area contributed by atoms with Crippen LogP contribution in [0.2, 0.25) is 0 Å². The van der Waals surface area contributed by atoms with E-state index < -0.39 is 0 Å². The Bertz CT molecular complexity index is 350. The highest BCUT2D eigenvalue weighted by Crippen LogP contribution is 2.36. The molecule has 0 aliphatic carbocycles. The molecule has 0 spiro atoms. The highest BCUT2D eigenvalue weighted by atomic mass is 32.1. The zero-order valence-corrected chi connectivity index (χ0v) is 14.2. The summed E-state index contributed by atoms with van der Waals surface area (Å²) >= 11 is 1.99. The van der Waals surface area contributed by atoms with Gasteiger partial charge < -0.3 is 5.32 Å². The van der Waals surface area contributed by atoms with Crippen molar-refractivity contribution in [3.8, 4) is 0 Å². The molecular weight excluding hydrogens is 250 g/mol. The fourth-order valence-corrected chi connectivity index (χ4v) is 4.17. The number of hydrogen-bond acceptors (Lipinski definition) is 2. The van der Waals surface area contributed by atoms with Crippen molar-refractivity contribution in [2.24, 2.45) is 5.92 Å². The second-order valence-corrected chi connectivity index (χ2v) is 6.96. The quantitative estimate of drug-likeness (QED) is 0.619. The van der Waals surface area contributed by atoms with Gasteiger partial charge >= 0.3 is 0 Å². The summed E-state index contributed by atoms with van der Waals surface area (Å²) in [5, 5.41) is 3.82. The lowest BCUT2D eigenvalue weighted by molar-refractivity contribution is 0.319. The number of nitrogens with one attached hydrogen (secondary N) is 1. The molecule has 1 nitrogen and oxygen atoms in total. The second kappa shape index (κ2) is 8.76. The Labute approximate surface area is 123 Å². The number of rotatable bonds is 9. The van der Waals surface area contributed by atoms with Crippen LogP contribution in [0, 0.1) is 19.8 Å². The molecule has 0 amide bonds. The molecule has 0 aliphatic heterocycles. The lowest BCUT2D eigenvalue weighted by atomic mass is 9.88. The van der Waals surface area contributed by atoms with Crippen LogP contribution in [-0.2, 0) is 0 Å². The molecule has 0 saturated heterocycles. The summed E-state index contributed by atoms with van der Waals surface area (Å²) in [5.74, 6) is 0.790. The molecule has 1 aromatic heterocycles. The minimum Gasteiger partial charge on any atom is -0.309 e. The predicted octanol–water partition coefficient (Wildman–Crippen LogP) is 5.62. The summed E-state index contributed by atoms with van der Waals surface area (Å²) in [5.41, 5.74) is 1.48. The highest BCUT2D eigenvalue weighted by Gasteiger charge is 2.24. The predicted molar refractivity (Wildman–Crippen MR) is 88.1 cm³/mol. The van der Waals surface area contributed by atoms with Crippen LogP contribution in [0.3, 0.4) is 0 Å². The van der Waals surface area contributed by atoms with Crippen LogP contribution in [0.4, 0.5) is 0 Å². The SMILES string of the molecule is CCCNC(c1sc(C)cc1C)C(CCC)CCC. The monoisotopic (exact) mass is 281 g/mol. The average Bonchev–Trinajstić information content (AvgIpc) is 2.69. The summed E-state index contributed by atoms with van der Waals surface area (Å²) in [4.78, 5) is 3.03. The summed E-state index contributed by atoms with van der Waals surface area (Å²) in [7, 11) is 0. The number of aryl methyl sites for hydroxylation is 2. The Morgan fingerprint density at radius 1 is 1.05 bits per heavy atom. The van der Waals surface area contributed by atoms with E-state index >= 15 is 0 Å². The van der Waals surface area contributed by atoms with Crippen LogP contribution in [0.1, 0.15) is 74.2 Å². The zero-order chi connectivity index (χ0) is 14.3. The van der Waals surface area contributed by atoms with Gasteiger partial charge in [0.25, 0.3) is 0 Å². The fourth-order valence-electron chi connectivity index (χ4n) is 2.96. The Balaban J connectivity index is 2.93. The fraction of sp³-hybridized carbons (Fsp3) is 0.765. The average molecular weight is 282 g/mol. The van der Waals surface area contributed by atoms with Gasteiger partial charge in [-0.3, -0.25) is 0 Å². The van der Waals surface area contributed by atoms with Crippen molar-refractivity contribution in [3.05, 3.63) is 21.4 Å². The van der Waals surface area contributed by atoms with E-state index in [1.807, 2.05) is 11.3 Å². The molecule has 1 atom stereocenters. The van der Waals surface area contributed by atoms with Gasteiger partial charge in [-0.25, -0.2) is 0 Å². The van der Waals surface area contributed by atoms with Crippen molar-refractivity contribution < 1.29 is 0 Å². The number of thiophene rings is 1. The first-order valence-electron chi connectivity index (χ1n) is 7.94. The molecular formula is C17H31NS. The van der Waals surface area contributed by atoms with Gasteiger partial charge in [-0.15, -0.1) is 11.3 Å². The Kier molecular flexibility index (Phi) is 7.70. The van der Waals surface area contributed by atoms with Crippen molar-refractivity contribution in [2.45, 2.75) is 72.8 Å². The van der Waals surface area contributed by atoms with Crippen LogP contribution >= 0.6 is 11.3 Å². The van der Waals surface area contributed by atoms with Crippen LogP contribution in [0.25, 0.3) is 0 Å². The third-order valence-corrected chi connectivity index (χ3v) is 5.00. The van der Waals surface area contributed by atoms with Crippen LogP contribution in [-0.4, -0.2) is 6.54 Å². The minimum atomic E-state index is 0.568. The molecule has 110 valence electrons. The van der Waals surface area contributed by atoms with Crippen LogP contribution < -0.4 is 5.32 Å². The van der Waals surface area contributed by atoms with Crippen LogP contribution in [0.15, 0.2) is 6.07 Å². The first-order valence-corrected chi connectivity index (χ1v) is 8.75. The van der Waals surface area contributed by atoms with E-state index in [9.17, 15) is 0 Å². The van der Waals surface area contributed by atoms with Crippen LogP contribution in [0.5, 0.6) is 0 Å². The second-order valence-electron chi connectivity index (χ2n) is 5.67. The first kappa shape index (κ1) is 16.7. The molecule has 0 aromatic carbocycles. The molecule has 1 rings (SSSR count). The van der Waals surface area contributed by atoms with Gasteiger partial charge in [0.1, 0.15) is 0 Å². The Morgan fingerprint density at radius 3 is 2.11 bits per heavy atom. The summed E-state index contributed by atoms with van der Waals surface area (Å²) in [6.45, 7) is 12.5. The molecule has 0 radical (unpaired) electrons. The normalized spacial score (nSPS) is 13.2. The Morgan fingerprint density at radius 2 is 1.68 bits per heavy atom. The largest absolute Gasteiger partial charge is 0.309 e. The maximum absolute atomic E-state index is 3.82. The number of hydrogen-bond donors (Lipinski definition) is 1. The molecule has 1 aromatic rings. The maximum Gasteiger partial charge on any atom is 0.0446 e. The maximum atomic E-state index is 3.82. The van der Waals surface area contributed by atoms with Crippen molar-refractivity contribution in [1.82, 2.24) is 5.32 Å². The molecule has 19 heavy (non-hydrogen) atoms. The van der Waals surface area contributed by atoms with Crippen molar-refractivity contribution in [1.29, 1.82) is 0 Å². The molecule has 1 N–H and O–H groups in total. The first-order chi connectivity index (χ1) is 9.13. The standard InChI is InChI=1S/C17H31NS/c1-6-9-15(10-7-2)16(18-11-8-3)17-13(4)12-14(5)19-17/h12,15-16,18H,6-11H2,1-5H3.